The molecule has 1 aliphatic rings. The van der Waals surface area contributed by atoms with E-state index in [2.05, 4.69) is 20.3 Å². The Morgan fingerprint density at radius 3 is 2.31 bits per heavy atom. The van der Waals surface area contributed by atoms with Crippen LogP contribution in [-0.4, -0.2) is 60.2 Å². The van der Waals surface area contributed by atoms with E-state index in [4.69, 9.17) is 0 Å². The highest BCUT2D eigenvalue weighted by atomic mass is 19.1. The molecule has 1 N–H and O–H groups in total. The normalized spacial score (nSPS) is 14.6. The summed E-state index contributed by atoms with van der Waals surface area (Å²) in [5, 5.41) is 13.2. The standard InChI is InChI=1S/C16H20FN7O2/c1-21(2)20-15-14(24(25)26)16(19-11-18-15)23-9-7-22(8-10-23)13-5-3-12(17)4-6-13/h3-6,11H,7-10H2,1-2H3,(H,18,19,20). The average Bonchev–Trinajstić information content (AvgIpc) is 2.61. The van der Waals surface area contributed by atoms with Crippen LogP contribution in [0.4, 0.5) is 27.4 Å². The summed E-state index contributed by atoms with van der Waals surface area (Å²) in [7, 11) is 3.46. The van der Waals surface area contributed by atoms with Gasteiger partial charge in [-0.2, -0.15) is 0 Å². The molecule has 2 heterocycles. The Hall–Kier alpha value is -3.01. The van der Waals surface area contributed by atoms with E-state index < -0.39 is 4.92 Å². The maximum absolute atomic E-state index is 13.1. The summed E-state index contributed by atoms with van der Waals surface area (Å²) in [6.45, 7) is 2.44. The highest BCUT2D eigenvalue weighted by Crippen LogP contribution is 2.32. The number of nitrogens with one attached hydrogen (secondary N) is 1. The number of hydrogen-bond donors (Lipinski definition) is 1. The van der Waals surface area contributed by atoms with Gasteiger partial charge in [-0.15, -0.1) is 0 Å². The zero-order valence-electron chi connectivity index (χ0n) is 14.6. The maximum Gasteiger partial charge on any atom is 0.354 e. The lowest BCUT2D eigenvalue weighted by Gasteiger charge is -2.36. The Kier molecular flexibility index (Phi) is 5.12. The van der Waals surface area contributed by atoms with Crippen LogP contribution in [0, 0.1) is 15.9 Å². The minimum Gasteiger partial charge on any atom is -0.368 e. The van der Waals surface area contributed by atoms with E-state index in [0.29, 0.717) is 32.0 Å². The van der Waals surface area contributed by atoms with Crippen molar-refractivity contribution in [2.24, 2.45) is 0 Å². The molecule has 1 fully saturated rings. The number of piperazine rings is 1. The molecule has 0 saturated carbocycles. The third-order valence-electron chi connectivity index (χ3n) is 4.09. The van der Waals surface area contributed by atoms with Crippen molar-refractivity contribution in [3.05, 3.63) is 46.5 Å². The van der Waals surface area contributed by atoms with Crippen molar-refractivity contribution in [3.8, 4) is 0 Å². The van der Waals surface area contributed by atoms with Crippen LogP contribution in [0.2, 0.25) is 0 Å². The summed E-state index contributed by atoms with van der Waals surface area (Å²) in [5.41, 5.74) is 3.63. The molecule has 0 bridgehead atoms. The van der Waals surface area contributed by atoms with E-state index in [0.717, 1.165) is 5.69 Å². The molecule has 0 amide bonds. The van der Waals surface area contributed by atoms with Crippen LogP contribution in [0.5, 0.6) is 0 Å². The Morgan fingerprint density at radius 1 is 1.12 bits per heavy atom. The van der Waals surface area contributed by atoms with Crippen molar-refractivity contribution in [1.82, 2.24) is 15.0 Å². The quantitative estimate of drug-likeness (QED) is 0.636. The summed E-state index contributed by atoms with van der Waals surface area (Å²) in [4.78, 5) is 23.2. The number of benzene rings is 1. The first-order valence-electron chi connectivity index (χ1n) is 8.14. The van der Waals surface area contributed by atoms with Crippen LogP contribution in [0.25, 0.3) is 0 Å². The fourth-order valence-electron chi connectivity index (χ4n) is 2.89. The lowest BCUT2D eigenvalue weighted by atomic mass is 10.2. The molecule has 0 radical (unpaired) electrons. The third kappa shape index (κ3) is 3.80. The smallest absolute Gasteiger partial charge is 0.354 e. The summed E-state index contributed by atoms with van der Waals surface area (Å²) in [6, 6.07) is 6.32. The van der Waals surface area contributed by atoms with Gasteiger partial charge in [-0.25, -0.2) is 19.4 Å². The Morgan fingerprint density at radius 2 is 1.73 bits per heavy atom. The number of hydrogen-bond acceptors (Lipinski definition) is 8. The zero-order valence-corrected chi connectivity index (χ0v) is 14.6. The molecule has 138 valence electrons. The topological polar surface area (TPSA) is 90.7 Å². The number of rotatable bonds is 5. The van der Waals surface area contributed by atoms with Crippen LogP contribution >= 0.6 is 0 Å². The third-order valence-corrected chi connectivity index (χ3v) is 4.09. The number of halogens is 1. The number of nitrogens with zero attached hydrogens (tertiary/aromatic N) is 6. The predicted molar refractivity (Wildman–Crippen MR) is 96.8 cm³/mol. The molecule has 9 nitrogen and oxygen atoms in total. The number of anilines is 3. The minimum atomic E-state index is -0.465. The molecule has 1 aliphatic heterocycles. The molecule has 10 heteroatoms. The van der Waals surface area contributed by atoms with Crippen LogP contribution < -0.4 is 15.2 Å². The van der Waals surface area contributed by atoms with Gasteiger partial charge in [-0.3, -0.25) is 15.5 Å². The van der Waals surface area contributed by atoms with Gasteiger partial charge in [0.2, 0.25) is 11.6 Å². The van der Waals surface area contributed by atoms with Gasteiger partial charge >= 0.3 is 5.69 Å². The van der Waals surface area contributed by atoms with Crippen LogP contribution in [0.3, 0.4) is 0 Å². The SMILES string of the molecule is CN(C)Nc1ncnc(N2CCN(c3ccc(F)cc3)CC2)c1[N+](=O)[O-]. The zero-order chi connectivity index (χ0) is 18.7. The molecular weight excluding hydrogens is 341 g/mol. The van der Waals surface area contributed by atoms with E-state index in [-0.39, 0.29) is 17.3 Å². The maximum atomic E-state index is 13.1. The largest absolute Gasteiger partial charge is 0.368 e. The van der Waals surface area contributed by atoms with Crippen molar-refractivity contribution in [1.29, 1.82) is 0 Å². The summed E-state index contributed by atoms with van der Waals surface area (Å²) in [6.07, 6.45) is 1.32. The molecule has 1 saturated heterocycles. The Labute approximate surface area is 150 Å². The molecule has 0 spiro atoms. The molecule has 0 unspecified atom stereocenters. The van der Waals surface area contributed by atoms with E-state index in [1.807, 2.05) is 4.90 Å². The second kappa shape index (κ2) is 7.48. The summed E-state index contributed by atoms with van der Waals surface area (Å²) >= 11 is 0. The fourth-order valence-corrected chi connectivity index (χ4v) is 2.89. The highest BCUT2D eigenvalue weighted by molar-refractivity contribution is 5.70. The molecule has 2 aromatic rings. The van der Waals surface area contributed by atoms with Gasteiger partial charge in [0.15, 0.2) is 0 Å². The van der Waals surface area contributed by atoms with Gasteiger partial charge in [-0.05, 0) is 24.3 Å². The van der Waals surface area contributed by atoms with Crippen LogP contribution in [-0.2, 0) is 0 Å². The Bertz CT molecular complexity index is 777. The molecule has 26 heavy (non-hydrogen) atoms. The summed E-state index contributed by atoms with van der Waals surface area (Å²) in [5.74, 6) is 0.184. The first-order chi connectivity index (χ1) is 12.5. The lowest BCUT2D eigenvalue weighted by Crippen LogP contribution is -2.47. The first kappa shape index (κ1) is 17.8. The highest BCUT2D eigenvalue weighted by Gasteiger charge is 2.29. The second-order valence-electron chi connectivity index (χ2n) is 6.11. The van der Waals surface area contributed by atoms with Crippen molar-refractivity contribution in [2.75, 3.05) is 55.5 Å². The molecule has 0 aliphatic carbocycles. The molecule has 1 aromatic carbocycles. The minimum absolute atomic E-state index is 0.142. The molecule has 1 aromatic heterocycles. The fraction of sp³-hybridized carbons (Fsp3) is 0.375. The van der Waals surface area contributed by atoms with Crippen molar-refractivity contribution in [3.63, 3.8) is 0 Å². The van der Waals surface area contributed by atoms with E-state index in [9.17, 15) is 14.5 Å². The monoisotopic (exact) mass is 361 g/mol. The van der Waals surface area contributed by atoms with Crippen LogP contribution in [0.1, 0.15) is 0 Å². The second-order valence-corrected chi connectivity index (χ2v) is 6.11. The number of hydrazine groups is 1. The van der Waals surface area contributed by atoms with Gasteiger partial charge in [-0.1, -0.05) is 0 Å². The van der Waals surface area contributed by atoms with Crippen LogP contribution in [0.15, 0.2) is 30.6 Å². The first-order valence-corrected chi connectivity index (χ1v) is 8.14. The van der Waals surface area contributed by atoms with Gasteiger partial charge in [0.1, 0.15) is 12.1 Å². The van der Waals surface area contributed by atoms with Crippen molar-refractivity contribution in [2.45, 2.75) is 0 Å². The van der Waals surface area contributed by atoms with Gasteiger partial charge in [0.25, 0.3) is 0 Å². The molecule has 3 rings (SSSR count). The number of nitro groups is 1. The van der Waals surface area contributed by atoms with E-state index in [1.165, 1.54) is 18.5 Å². The summed E-state index contributed by atoms with van der Waals surface area (Å²) < 4.78 is 13.1. The molecule has 0 atom stereocenters. The van der Waals surface area contributed by atoms with E-state index >= 15 is 0 Å². The predicted octanol–water partition coefficient (Wildman–Crippen LogP) is 1.74. The van der Waals surface area contributed by atoms with Crippen molar-refractivity contribution >= 4 is 23.0 Å². The van der Waals surface area contributed by atoms with Gasteiger partial charge in [0, 0.05) is 46.0 Å². The Balaban J connectivity index is 1.78. The van der Waals surface area contributed by atoms with E-state index in [1.54, 1.807) is 31.2 Å². The van der Waals surface area contributed by atoms with Gasteiger partial charge in [0.05, 0.1) is 4.92 Å². The average molecular weight is 361 g/mol. The lowest BCUT2D eigenvalue weighted by molar-refractivity contribution is -0.383. The molecular formula is C16H20FN7O2. The van der Waals surface area contributed by atoms with Crippen molar-refractivity contribution < 1.29 is 9.31 Å². The van der Waals surface area contributed by atoms with Gasteiger partial charge < -0.3 is 9.80 Å². The number of aromatic nitrogens is 2.